The minimum Gasteiger partial charge on any atom is -0.508 e. The number of hydrogen-bond donors (Lipinski definition) is 2. The van der Waals surface area contributed by atoms with E-state index in [1.807, 2.05) is 18.2 Å². The summed E-state index contributed by atoms with van der Waals surface area (Å²) in [6.07, 6.45) is 0. The average molecular weight is 350 g/mol. The zero-order valence-corrected chi connectivity index (χ0v) is 14.3. The second kappa shape index (κ2) is 6.47. The van der Waals surface area contributed by atoms with Crippen LogP contribution in [0.25, 0.3) is 21.0 Å². The highest BCUT2D eigenvalue weighted by molar-refractivity contribution is 7.19. The Balaban J connectivity index is 1.55. The van der Waals surface area contributed by atoms with Gasteiger partial charge in [0.25, 0.3) is 0 Å². The summed E-state index contributed by atoms with van der Waals surface area (Å²) in [5.41, 5.74) is 3.12. The SMILES string of the molecule is Oc1ccc(Nc2nc(-c3ccc(-c4ccccc4)s3)cs2)cc1. The molecule has 0 bridgehead atoms. The van der Waals surface area contributed by atoms with Crippen LogP contribution in [0.1, 0.15) is 0 Å². The minimum atomic E-state index is 0.257. The molecule has 0 unspecified atom stereocenters. The van der Waals surface area contributed by atoms with E-state index < -0.39 is 0 Å². The van der Waals surface area contributed by atoms with E-state index in [1.54, 1.807) is 34.8 Å². The van der Waals surface area contributed by atoms with E-state index in [4.69, 9.17) is 0 Å². The van der Waals surface area contributed by atoms with Gasteiger partial charge in [-0.1, -0.05) is 30.3 Å². The molecule has 3 nitrogen and oxygen atoms in total. The molecule has 0 amide bonds. The van der Waals surface area contributed by atoms with Crippen LogP contribution in [0.15, 0.2) is 72.1 Å². The predicted molar refractivity (Wildman–Crippen MR) is 102 cm³/mol. The van der Waals surface area contributed by atoms with Crippen molar-refractivity contribution in [2.45, 2.75) is 0 Å². The second-order valence-electron chi connectivity index (χ2n) is 5.24. The Kier molecular flexibility index (Phi) is 4.02. The Morgan fingerprint density at radius 2 is 1.58 bits per heavy atom. The van der Waals surface area contributed by atoms with Gasteiger partial charge in [-0.2, -0.15) is 0 Å². The summed E-state index contributed by atoms with van der Waals surface area (Å²) in [5, 5.41) is 15.5. The first-order chi connectivity index (χ1) is 11.8. The molecule has 2 N–H and O–H groups in total. The molecular formula is C19H14N2OS2. The summed E-state index contributed by atoms with van der Waals surface area (Å²) < 4.78 is 0. The van der Waals surface area contributed by atoms with Crippen molar-refractivity contribution in [1.29, 1.82) is 0 Å². The van der Waals surface area contributed by atoms with Crippen LogP contribution >= 0.6 is 22.7 Å². The van der Waals surface area contributed by atoms with Gasteiger partial charge in [0.1, 0.15) is 5.75 Å². The number of benzene rings is 2. The minimum absolute atomic E-state index is 0.257. The Bertz CT molecular complexity index is 943. The lowest BCUT2D eigenvalue weighted by molar-refractivity contribution is 0.475. The third-order valence-corrected chi connectivity index (χ3v) is 5.45. The first kappa shape index (κ1) is 14.9. The molecule has 118 valence electrons. The molecule has 0 saturated carbocycles. The molecule has 0 aliphatic rings. The van der Waals surface area contributed by atoms with Gasteiger partial charge in [0.2, 0.25) is 0 Å². The quantitative estimate of drug-likeness (QED) is 0.444. The lowest BCUT2D eigenvalue weighted by atomic mass is 10.2. The van der Waals surface area contributed by atoms with Crippen molar-refractivity contribution in [2.75, 3.05) is 5.32 Å². The van der Waals surface area contributed by atoms with Crippen molar-refractivity contribution in [3.05, 3.63) is 72.1 Å². The fourth-order valence-electron chi connectivity index (χ4n) is 2.35. The fraction of sp³-hybridized carbons (Fsp3) is 0. The van der Waals surface area contributed by atoms with Crippen molar-refractivity contribution in [2.24, 2.45) is 0 Å². The smallest absolute Gasteiger partial charge is 0.187 e. The highest BCUT2D eigenvalue weighted by atomic mass is 32.1. The van der Waals surface area contributed by atoms with Crippen LogP contribution in [0.2, 0.25) is 0 Å². The Labute approximate surface area is 147 Å². The number of phenols is 1. The van der Waals surface area contributed by atoms with E-state index in [0.717, 1.165) is 21.4 Å². The van der Waals surface area contributed by atoms with Crippen molar-refractivity contribution < 1.29 is 5.11 Å². The average Bonchev–Trinajstić information content (AvgIpc) is 3.27. The van der Waals surface area contributed by atoms with Crippen LogP contribution in [-0.4, -0.2) is 10.1 Å². The molecule has 0 spiro atoms. The van der Waals surface area contributed by atoms with Crippen molar-refractivity contribution >= 4 is 33.5 Å². The van der Waals surface area contributed by atoms with Gasteiger partial charge in [-0.05, 0) is 42.0 Å². The maximum atomic E-state index is 9.33. The number of anilines is 2. The maximum absolute atomic E-state index is 9.33. The standard InChI is InChI=1S/C19H14N2OS2/c22-15-8-6-14(7-9-15)20-19-21-16(12-23-19)18-11-10-17(24-18)13-4-2-1-3-5-13/h1-12,22H,(H,20,21). The van der Waals surface area contributed by atoms with Crippen molar-refractivity contribution in [3.8, 4) is 26.8 Å². The number of phenolic OH excluding ortho intramolecular Hbond substituents is 1. The number of aromatic hydroxyl groups is 1. The molecule has 5 heteroatoms. The second-order valence-corrected chi connectivity index (χ2v) is 7.18. The van der Waals surface area contributed by atoms with E-state index >= 15 is 0 Å². The molecule has 0 aliphatic carbocycles. The molecule has 0 aliphatic heterocycles. The third kappa shape index (κ3) is 3.18. The van der Waals surface area contributed by atoms with E-state index in [9.17, 15) is 5.11 Å². The Hall–Kier alpha value is -2.63. The molecular weight excluding hydrogens is 336 g/mol. The lowest BCUT2D eigenvalue weighted by Crippen LogP contribution is -1.88. The van der Waals surface area contributed by atoms with Crippen LogP contribution in [0.4, 0.5) is 10.8 Å². The number of thiazole rings is 1. The third-order valence-electron chi connectivity index (χ3n) is 3.54. The monoisotopic (exact) mass is 350 g/mol. The predicted octanol–water partition coefficient (Wildman–Crippen LogP) is 5.99. The molecule has 0 radical (unpaired) electrons. The van der Waals surface area contributed by atoms with Gasteiger partial charge in [0.15, 0.2) is 5.13 Å². The summed E-state index contributed by atoms with van der Waals surface area (Å²) in [7, 11) is 0. The molecule has 0 fully saturated rings. The van der Waals surface area contributed by atoms with Gasteiger partial charge < -0.3 is 10.4 Å². The van der Waals surface area contributed by atoms with Crippen LogP contribution in [0.5, 0.6) is 5.75 Å². The first-order valence-electron chi connectivity index (χ1n) is 7.45. The summed E-state index contributed by atoms with van der Waals surface area (Å²) in [5.74, 6) is 0.257. The van der Waals surface area contributed by atoms with E-state index in [0.29, 0.717) is 0 Å². The number of aromatic nitrogens is 1. The van der Waals surface area contributed by atoms with Crippen LogP contribution < -0.4 is 5.32 Å². The number of thiophene rings is 1. The van der Waals surface area contributed by atoms with Crippen LogP contribution in [-0.2, 0) is 0 Å². The summed E-state index contributed by atoms with van der Waals surface area (Å²) in [6.45, 7) is 0. The number of nitrogens with zero attached hydrogens (tertiary/aromatic N) is 1. The Morgan fingerprint density at radius 1 is 0.833 bits per heavy atom. The van der Waals surface area contributed by atoms with Gasteiger partial charge in [-0.3, -0.25) is 0 Å². The summed E-state index contributed by atoms with van der Waals surface area (Å²) in [6, 6.07) is 21.6. The van der Waals surface area contributed by atoms with E-state index in [-0.39, 0.29) is 5.75 Å². The molecule has 24 heavy (non-hydrogen) atoms. The largest absolute Gasteiger partial charge is 0.508 e. The van der Waals surface area contributed by atoms with Crippen molar-refractivity contribution in [3.63, 3.8) is 0 Å². The summed E-state index contributed by atoms with van der Waals surface area (Å²) >= 11 is 3.31. The molecule has 2 aromatic heterocycles. The van der Waals surface area contributed by atoms with E-state index in [2.05, 4.69) is 52.1 Å². The molecule has 2 heterocycles. The molecule has 4 aromatic rings. The topological polar surface area (TPSA) is 45.1 Å². The van der Waals surface area contributed by atoms with Gasteiger partial charge >= 0.3 is 0 Å². The zero-order chi connectivity index (χ0) is 16.4. The normalized spacial score (nSPS) is 10.7. The summed E-state index contributed by atoms with van der Waals surface area (Å²) in [4.78, 5) is 7.06. The number of hydrogen-bond acceptors (Lipinski definition) is 5. The lowest BCUT2D eigenvalue weighted by Gasteiger charge is -2.01. The number of rotatable bonds is 4. The molecule has 0 saturated heterocycles. The molecule has 2 aromatic carbocycles. The maximum Gasteiger partial charge on any atom is 0.187 e. The highest BCUT2D eigenvalue weighted by Gasteiger charge is 2.09. The fourth-order valence-corrected chi connectivity index (χ4v) is 4.12. The van der Waals surface area contributed by atoms with Gasteiger partial charge in [0.05, 0.1) is 10.6 Å². The van der Waals surface area contributed by atoms with Gasteiger partial charge in [-0.25, -0.2) is 4.98 Å². The van der Waals surface area contributed by atoms with E-state index in [1.165, 1.54) is 10.4 Å². The molecule has 0 atom stereocenters. The van der Waals surface area contributed by atoms with Gasteiger partial charge in [-0.15, -0.1) is 22.7 Å². The zero-order valence-electron chi connectivity index (χ0n) is 12.6. The Morgan fingerprint density at radius 3 is 2.38 bits per heavy atom. The van der Waals surface area contributed by atoms with Gasteiger partial charge in [0, 0.05) is 15.9 Å². The van der Waals surface area contributed by atoms with Crippen molar-refractivity contribution in [1.82, 2.24) is 4.98 Å². The molecule has 4 rings (SSSR count). The first-order valence-corrected chi connectivity index (χ1v) is 9.15. The highest BCUT2D eigenvalue weighted by Crippen LogP contribution is 2.36. The van der Waals surface area contributed by atoms with Crippen LogP contribution in [0, 0.1) is 0 Å². The van der Waals surface area contributed by atoms with Crippen LogP contribution in [0.3, 0.4) is 0 Å². The number of nitrogens with one attached hydrogen (secondary N) is 1.